The van der Waals surface area contributed by atoms with E-state index in [0.29, 0.717) is 16.9 Å². The molecule has 7 nitrogen and oxygen atoms in total. The highest BCUT2D eigenvalue weighted by molar-refractivity contribution is 9.10. The maximum atomic E-state index is 13.1. The van der Waals surface area contributed by atoms with Crippen molar-refractivity contribution in [3.05, 3.63) is 94.1 Å². The van der Waals surface area contributed by atoms with Crippen molar-refractivity contribution in [1.82, 2.24) is 4.68 Å². The molecule has 4 aromatic rings. The van der Waals surface area contributed by atoms with E-state index in [0.717, 1.165) is 21.0 Å². The van der Waals surface area contributed by atoms with E-state index >= 15 is 0 Å². The standard InChI is InChI=1S/C25H21BrN4O3/c1-15-6-9-19(10-7-15)27-23(31)22-14-17-13-18(26)8-11-21(17)30(22)29-25(33)24(32)28-20-5-3-4-16(2)12-20/h3-14H,1-2H3,(H,27,31)(H,28,32)(H,29,33). The summed E-state index contributed by atoms with van der Waals surface area (Å²) in [5.74, 6) is -2.17. The lowest BCUT2D eigenvalue weighted by molar-refractivity contribution is -0.133. The van der Waals surface area contributed by atoms with Crippen molar-refractivity contribution < 1.29 is 14.4 Å². The second-order valence-electron chi connectivity index (χ2n) is 7.65. The van der Waals surface area contributed by atoms with E-state index in [1.807, 2.05) is 38.1 Å². The van der Waals surface area contributed by atoms with E-state index in [4.69, 9.17) is 0 Å². The van der Waals surface area contributed by atoms with Crippen molar-refractivity contribution in [2.24, 2.45) is 0 Å². The molecule has 3 amide bonds. The Labute approximate surface area is 198 Å². The van der Waals surface area contributed by atoms with E-state index in [1.54, 1.807) is 48.5 Å². The normalized spacial score (nSPS) is 10.6. The van der Waals surface area contributed by atoms with Crippen LogP contribution in [-0.4, -0.2) is 22.4 Å². The van der Waals surface area contributed by atoms with Crippen molar-refractivity contribution >= 4 is 55.9 Å². The Morgan fingerprint density at radius 1 is 0.758 bits per heavy atom. The fourth-order valence-electron chi connectivity index (χ4n) is 3.37. The molecule has 166 valence electrons. The molecule has 0 aliphatic carbocycles. The summed E-state index contributed by atoms with van der Waals surface area (Å²) in [6.45, 7) is 3.84. The van der Waals surface area contributed by atoms with Crippen LogP contribution in [0.15, 0.2) is 77.3 Å². The van der Waals surface area contributed by atoms with Gasteiger partial charge in [-0.2, -0.15) is 0 Å². The molecule has 0 spiro atoms. The molecule has 8 heteroatoms. The summed E-state index contributed by atoms with van der Waals surface area (Å²) < 4.78 is 2.14. The van der Waals surface area contributed by atoms with E-state index < -0.39 is 17.7 Å². The third-order valence-corrected chi connectivity index (χ3v) is 5.49. The van der Waals surface area contributed by atoms with Gasteiger partial charge >= 0.3 is 11.8 Å². The van der Waals surface area contributed by atoms with Crippen LogP contribution >= 0.6 is 15.9 Å². The number of nitrogens with one attached hydrogen (secondary N) is 3. The van der Waals surface area contributed by atoms with Gasteiger partial charge in [0, 0.05) is 21.2 Å². The van der Waals surface area contributed by atoms with Crippen LogP contribution in [0.4, 0.5) is 11.4 Å². The van der Waals surface area contributed by atoms with Gasteiger partial charge in [-0.15, -0.1) is 0 Å². The van der Waals surface area contributed by atoms with Crippen LogP contribution in [0.3, 0.4) is 0 Å². The predicted octanol–water partition coefficient (Wildman–Crippen LogP) is 4.98. The van der Waals surface area contributed by atoms with Crippen molar-refractivity contribution in [3.8, 4) is 0 Å². The van der Waals surface area contributed by atoms with Gasteiger partial charge in [0.1, 0.15) is 5.69 Å². The van der Waals surface area contributed by atoms with Crippen molar-refractivity contribution in [2.45, 2.75) is 13.8 Å². The fraction of sp³-hybridized carbons (Fsp3) is 0.0800. The monoisotopic (exact) mass is 504 g/mol. The van der Waals surface area contributed by atoms with Gasteiger partial charge in [0.05, 0.1) is 5.52 Å². The van der Waals surface area contributed by atoms with Gasteiger partial charge in [0.25, 0.3) is 5.91 Å². The number of nitrogens with zero attached hydrogens (tertiary/aromatic N) is 1. The highest BCUT2D eigenvalue weighted by Crippen LogP contribution is 2.24. The van der Waals surface area contributed by atoms with Gasteiger partial charge in [0.15, 0.2) is 0 Å². The molecule has 3 aromatic carbocycles. The Kier molecular flexibility index (Phi) is 6.28. The summed E-state index contributed by atoms with van der Waals surface area (Å²) in [4.78, 5) is 38.3. The number of aryl methyl sites for hydroxylation is 2. The van der Waals surface area contributed by atoms with Gasteiger partial charge in [-0.25, -0.2) is 4.68 Å². The number of fused-ring (bicyclic) bond motifs is 1. The fourth-order valence-corrected chi connectivity index (χ4v) is 3.75. The highest BCUT2D eigenvalue weighted by atomic mass is 79.9. The molecule has 33 heavy (non-hydrogen) atoms. The van der Waals surface area contributed by atoms with Crippen molar-refractivity contribution in [1.29, 1.82) is 0 Å². The number of amides is 3. The van der Waals surface area contributed by atoms with Crippen LogP contribution in [0.5, 0.6) is 0 Å². The largest absolute Gasteiger partial charge is 0.328 e. The van der Waals surface area contributed by atoms with Crippen LogP contribution in [0, 0.1) is 13.8 Å². The smallest absolute Gasteiger partial charge is 0.321 e. The molecular weight excluding hydrogens is 484 g/mol. The number of hydrogen-bond donors (Lipinski definition) is 3. The zero-order chi connectivity index (χ0) is 23.5. The van der Waals surface area contributed by atoms with Crippen molar-refractivity contribution in [3.63, 3.8) is 0 Å². The number of anilines is 2. The maximum absolute atomic E-state index is 13.1. The molecule has 0 aliphatic rings. The minimum atomic E-state index is -0.902. The van der Waals surface area contributed by atoms with Crippen LogP contribution in [0.2, 0.25) is 0 Å². The summed E-state index contributed by atoms with van der Waals surface area (Å²) in [7, 11) is 0. The average Bonchev–Trinajstić information content (AvgIpc) is 3.12. The number of aromatic nitrogens is 1. The number of carbonyl (C=O) groups is 3. The van der Waals surface area contributed by atoms with Crippen LogP contribution in [0.25, 0.3) is 10.9 Å². The van der Waals surface area contributed by atoms with Crippen LogP contribution in [-0.2, 0) is 9.59 Å². The first-order valence-corrected chi connectivity index (χ1v) is 11.0. The first kappa shape index (κ1) is 22.3. The molecule has 0 saturated heterocycles. The van der Waals surface area contributed by atoms with E-state index in [1.165, 1.54) is 4.68 Å². The molecule has 1 aromatic heterocycles. The van der Waals surface area contributed by atoms with Crippen molar-refractivity contribution in [2.75, 3.05) is 16.1 Å². The predicted molar refractivity (Wildman–Crippen MR) is 133 cm³/mol. The highest BCUT2D eigenvalue weighted by Gasteiger charge is 2.21. The molecule has 0 aliphatic heterocycles. The number of benzene rings is 3. The van der Waals surface area contributed by atoms with E-state index in [-0.39, 0.29) is 5.69 Å². The lowest BCUT2D eigenvalue weighted by Crippen LogP contribution is -2.36. The van der Waals surface area contributed by atoms with Crippen LogP contribution < -0.4 is 16.1 Å². The van der Waals surface area contributed by atoms with Gasteiger partial charge in [-0.05, 0) is 67.9 Å². The maximum Gasteiger partial charge on any atom is 0.328 e. The van der Waals surface area contributed by atoms with E-state index in [2.05, 4.69) is 32.0 Å². The molecule has 0 atom stereocenters. The summed E-state index contributed by atoms with van der Waals surface area (Å²) in [5, 5.41) is 6.12. The minimum absolute atomic E-state index is 0.181. The summed E-state index contributed by atoms with van der Waals surface area (Å²) in [6.07, 6.45) is 0. The molecule has 1 heterocycles. The second-order valence-corrected chi connectivity index (χ2v) is 8.57. The molecule has 0 unspecified atom stereocenters. The molecular formula is C25H21BrN4O3. The summed E-state index contributed by atoms with van der Waals surface area (Å²) in [5.41, 5.74) is 6.45. The molecule has 0 bridgehead atoms. The zero-order valence-electron chi connectivity index (χ0n) is 18.0. The SMILES string of the molecule is Cc1ccc(NC(=O)c2cc3cc(Br)ccc3n2NC(=O)C(=O)Nc2cccc(C)c2)cc1. The quantitative estimate of drug-likeness (QED) is 0.342. The molecule has 0 fully saturated rings. The second kappa shape index (κ2) is 9.30. The molecule has 0 saturated carbocycles. The molecule has 4 rings (SSSR count). The Morgan fingerprint density at radius 3 is 2.24 bits per heavy atom. The van der Waals surface area contributed by atoms with Gasteiger partial charge in [-0.3, -0.25) is 19.8 Å². The van der Waals surface area contributed by atoms with Gasteiger partial charge < -0.3 is 10.6 Å². The van der Waals surface area contributed by atoms with Crippen LogP contribution in [0.1, 0.15) is 21.6 Å². The first-order valence-electron chi connectivity index (χ1n) is 10.2. The minimum Gasteiger partial charge on any atom is -0.321 e. The number of rotatable bonds is 4. The summed E-state index contributed by atoms with van der Waals surface area (Å²) >= 11 is 3.42. The zero-order valence-corrected chi connectivity index (χ0v) is 19.6. The molecule has 3 N–H and O–H groups in total. The first-order chi connectivity index (χ1) is 15.8. The van der Waals surface area contributed by atoms with Gasteiger partial charge in [-0.1, -0.05) is 45.8 Å². The third-order valence-electron chi connectivity index (χ3n) is 5.00. The van der Waals surface area contributed by atoms with Gasteiger partial charge in [0.2, 0.25) is 0 Å². The Bertz CT molecular complexity index is 1380. The Hall–Kier alpha value is -3.91. The summed E-state index contributed by atoms with van der Waals surface area (Å²) in [6, 6.07) is 21.5. The Morgan fingerprint density at radius 2 is 1.52 bits per heavy atom. The number of carbonyl (C=O) groups excluding carboxylic acids is 3. The number of hydrogen-bond acceptors (Lipinski definition) is 3. The molecule has 0 radical (unpaired) electrons. The van der Waals surface area contributed by atoms with E-state index in [9.17, 15) is 14.4 Å². The topological polar surface area (TPSA) is 92.2 Å². The Balaban J connectivity index is 1.62. The lowest BCUT2D eigenvalue weighted by Gasteiger charge is -2.13. The average molecular weight is 505 g/mol. The number of halogens is 1. The third kappa shape index (κ3) is 5.12. The lowest BCUT2D eigenvalue weighted by atomic mass is 10.2.